The van der Waals surface area contributed by atoms with E-state index in [1.165, 1.54) is 0 Å². The molecule has 0 aromatic heterocycles. The number of nitrogens with two attached hydrogens (primary N) is 1. The molecule has 8 heavy (non-hydrogen) atoms. The van der Waals surface area contributed by atoms with E-state index in [1.54, 1.807) is 0 Å². The molecule has 0 aliphatic carbocycles. The molecule has 2 N–H and O–H groups in total. The van der Waals surface area contributed by atoms with Gasteiger partial charge in [-0.25, -0.2) is 0 Å². The zero-order valence-electron chi connectivity index (χ0n) is 4.59. The Labute approximate surface area is 47.8 Å². The Bertz CT molecular complexity index is 98.6. The third-order valence-electron chi connectivity index (χ3n) is 1.12. The molecule has 0 aromatic carbocycles. The summed E-state index contributed by atoms with van der Waals surface area (Å²) in [7, 11) is 0. The van der Waals surface area contributed by atoms with Crippen molar-refractivity contribution in [2.24, 2.45) is 5.73 Å². The minimum absolute atomic E-state index is 0.236. The highest BCUT2D eigenvalue weighted by molar-refractivity contribution is 5.73. The molecule has 1 aliphatic rings. The number of rotatable bonds is 3. The summed E-state index contributed by atoms with van der Waals surface area (Å²) in [5.41, 5.74) is 4.87. The van der Waals surface area contributed by atoms with Gasteiger partial charge in [-0.2, -0.15) is 0 Å². The van der Waals surface area contributed by atoms with Crippen LogP contribution in [0.15, 0.2) is 0 Å². The van der Waals surface area contributed by atoms with E-state index in [2.05, 4.69) is 0 Å². The van der Waals surface area contributed by atoms with E-state index >= 15 is 0 Å². The summed E-state index contributed by atoms with van der Waals surface area (Å²) < 4.78 is 4.85. The van der Waals surface area contributed by atoms with Crippen LogP contribution in [-0.4, -0.2) is 18.6 Å². The van der Waals surface area contributed by atoms with Crippen LogP contribution in [0.4, 0.5) is 0 Å². The Hall–Kier alpha value is -0.570. The number of hydrogen-bond donors (Lipinski definition) is 1. The largest absolute Gasteiger partial charge is 0.373 e. The summed E-state index contributed by atoms with van der Waals surface area (Å²) in [4.78, 5) is 10.1. The second-order valence-corrected chi connectivity index (χ2v) is 1.96. The van der Waals surface area contributed by atoms with Gasteiger partial charge in [-0.3, -0.25) is 4.79 Å². The molecular weight excluding hydrogens is 106 g/mol. The zero-order chi connectivity index (χ0) is 5.98. The summed E-state index contributed by atoms with van der Waals surface area (Å²) in [5.74, 6) is -0.236. The molecule has 1 fully saturated rings. The second kappa shape index (κ2) is 2.13. The van der Waals surface area contributed by atoms with Crippen LogP contribution in [-0.2, 0) is 9.53 Å². The van der Waals surface area contributed by atoms with Gasteiger partial charge in [0.25, 0.3) is 0 Å². The van der Waals surface area contributed by atoms with Gasteiger partial charge in [0.05, 0.1) is 12.7 Å². The number of carbonyl (C=O) groups excluding carboxylic acids is 1. The van der Waals surface area contributed by atoms with Gasteiger partial charge in [-0.05, 0) is 6.42 Å². The highest BCUT2D eigenvalue weighted by Gasteiger charge is 2.21. The first kappa shape index (κ1) is 5.56. The number of ether oxygens (including phenoxy) is 1. The molecule has 1 atom stereocenters. The first-order valence-corrected chi connectivity index (χ1v) is 2.69. The fraction of sp³-hybridized carbons (Fsp3) is 0.800. The summed E-state index contributed by atoms with van der Waals surface area (Å²) in [6.07, 6.45) is 1.60. The van der Waals surface area contributed by atoms with Crippen LogP contribution < -0.4 is 5.73 Å². The van der Waals surface area contributed by atoms with E-state index in [-0.39, 0.29) is 5.91 Å². The van der Waals surface area contributed by atoms with Crippen molar-refractivity contribution in [2.45, 2.75) is 18.9 Å². The topological polar surface area (TPSA) is 55.6 Å². The van der Waals surface area contributed by atoms with Gasteiger partial charge in [-0.1, -0.05) is 0 Å². The number of carbonyl (C=O) groups is 1. The standard InChI is InChI=1S/C5H9NO2/c6-5(7)2-1-4-3-8-4/h4H,1-3H2,(H2,6,7)/t4-/m1/s1. The van der Waals surface area contributed by atoms with Gasteiger partial charge in [0.15, 0.2) is 0 Å². The molecule has 1 heterocycles. The molecule has 0 radical (unpaired) electrons. The van der Waals surface area contributed by atoms with Crippen LogP contribution in [0.3, 0.4) is 0 Å². The summed E-state index contributed by atoms with van der Waals surface area (Å²) in [6.45, 7) is 0.813. The zero-order valence-corrected chi connectivity index (χ0v) is 4.59. The molecule has 3 nitrogen and oxygen atoms in total. The number of hydrogen-bond acceptors (Lipinski definition) is 2. The molecule has 1 saturated heterocycles. The average Bonchev–Trinajstić information content (AvgIpc) is 2.41. The van der Waals surface area contributed by atoms with Crippen molar-refractivity contribution < 1.29 is 9.53 Å². The van der Waals surface area contributed by atoms with Crippen molar-refractivity contribution in [1.82, 2.24) is 0 Å². The van der Waals surface area contributed by atoms with Gasteiger partial charge < -0.3 is 10.5 Å². The predicted molar refractivity (Wildman–Crippen MR) is 28.2 cm³/mol. The highest BCUT2D eigenvalue weighted by Crippen LogP contribution is 2.14. The molecule has 46 valence electrons. The Morgan fingerprint density at radius 3 is 2.88 bits per heavy atom. The first-order valence-electron chi connectivity index (χ1n) is 2.69. The van der Waals surface area contributed by atoms with Crippen LogP contribution in [0, 0.1) is 0 Å². The maximum Gasteiger partial charge on any atom is 0.217 e. The third kappa shape index (κ3) is 1.93. The van der Waals surface area contributed by atoms with Crippen molar-refractivity contribution in [3.05, 3.63) is 0 Å². The molecule has 1 aliphatic heterocycles. The molecule has 1 amide bonds. The lowest BCUT2D eigenvalue weighted by atomic mass is 10.2. The quantitative estimate of drug-likeness (QED) is 0.511. The predicted octanol–water partition coefficient (Wildman–Crippen LogP) is -0.349. The van der Waals surface area contributed by atoms with E-state index in [4.69, 9.17) is 10.5 Å². The summed E-state index contributed by atoms with van der Waals surface area (Å²) in [6, 6.07) is 0. The van der Waals surface area contributed by atoms with Crippen molar-refractivity contribution >= 4 is 5.91 Å². The minimum Gasteiger partial charge on any atom is -0.373 e. The lowest BCUT2D eigenvalue weighted by Gasteiger charge is -1.87. The number of primary amides is 1. The van der Waals surface area contributed by atoms with Gasteiger partial charge in [-0.15, -0.1) is 0 Å². The fourth-order valence-corrected chi connectivity index (χ4v) is 0.538. The van der Waals surface area contributed by atoms with Gasteiger partial charge >= 0.3 is 0 Å². The Kier molecular flexibility index (Phi) is 1.48. The molecule has 0 saturated carbocycles. The average molecular weight is 115 g/mol. The van der Waals surface area contributed by atoms with Gasteiger partial charge in [0.2, 0.25) is 5.91 Å². The maximum absolute atomic E-state index is 10.1. The molecule has 1 rings (SSSR count). The number of epoxide rings is 1. The van der Waals surface area contributed by atoms with Crippen LogP contribution in [0.1, 0.15) is 12.8 Å². The van der Waals surface area contributed by atoms with Crippen molar-refractivity contribution in [2.75, 3.05) is 6.61 Å². The Balaban J connectivity index is 1.95. The van der Waals surface area contributed by atoms with Crippen molar-refractivity contribution in [3.8, 4) is 0 Å². The monoisotopic (exact) mass is 115 g/mol. The van der Waals surface area contributed by atoms with E-state index in [0.29, 0.717) is 12.5 Å². The van der Waals surface area contributed by atoms with E-state index in [1.807, 2.05) is 0 Å². The molecule has 0 bridgehead atoms. The van der Waals surface area contributed by atoms with Gasteiger partial charge in [0.1, 0.15) is 0 Å². The van der Waals surface area contributed by atoms with Crippen LogP contribution in [0.5, 0.6) is 0 Å². The van der Waals surface area contributed by atoms with Crippen molar-refractivity contribution in [3.63, 3.8) is 0 Å². The lowest BCUT2D eigenvalue weighted by molar-refractivity contribution is -0.118. The Morgan fingerprint density at radius 1 is 1.88 bits per heavy atom. The maximum atomic E-state index is 10.1. The molecular formula is C5H9NO2. The molecule has 0 aromatic rings. The van der Waals surface area contributed by atoms with E-state index in [0.717, 1.165) is 13.0 Å². The summed E-state index contributed by atoms with van der Waals surface area (Å²) >= 11 is 0. The highest BCUT2D eigenvalue weighted by atomic mass is 16.6. The molecule has 3 heteroatoms. The first-order chi connectivity index (χ1) is 3.79. The molecule has 0 unspecified atom stereocenters. The minimum atomic E-state index is -0.236. The van der Waals surface area contributed by atoms with Crippen LogP contribution in [0.2, 0.25) is 0 Å². The second-order valence-electron chi connectivity index (χ2n) is 1.96. The van der Waals surface area contributed by atoms with Crippen molar-refractivity contribution in [1.29, 1.82) is 0 Å². The summed E-state index contributed by atoms with van der Waals surface area (Å²) in [5, 5.41) is 0. The number of amides is 1. The Morgan fingerprint density at radius 2 is 2.50 bits per heavy atom. The van der Waals surface area contributed by atoms with Crippen LogP contribution >= 0.6 is 0 Å². The van der Waals surface area contributed by atoms with E-state index in [9.17, 15) is 4.79 Å². The fourth-order valence-electron chi connectivity index (χ4n) is 0.538. The SMILES string of the molecule is NC(=O)CC[C@@H]1CO1. The normalized spacial score (nSPS) is 25.2. The van der Waals surface area contributed by atoms with Crippen LogP contribution in [0.25, 0.3) is 0 Å². The third-order valence-corrected chi connectivity index (χ3v) is 1.12. The smallest absolute Gasteiger partial charge is 0.217 e. The van der Waals surface area contributed by atoms with Gasteiger partial charge in [0, 0.05) is 6.42 Å². The van der Waals surface area contributed by atoms with E-state index < -0.39 is 0 Å². The molecule has 0 spiro atoms. The lowest BCUT2D eigenvalue weighted by Crippen LogP contribution is -2.10.